The van der Waals surface area contributed by atoms with Gasteiger partial charge in [-0.3, -0.25) is 4.79 Å². The summed E-state index contributed by atoms with van der Waals surface area (Å²) < 4.78 is 1.37. The van der Waals surface area contributed by atoms with E-state index >= 15 is 0 Å². The lowest BCUT2D eigenvalue weighted by Crippen LogP contribution is -2.12. The van der Waals surface area contributed by atoms with Crippen molar-refractivity contribution in [3.8, 4) is 0 Å². The van der Waals surface area contributed by atoms with Gasteiger partial charge in [0.15, 0.2) is 11.5 Å². The van der Waals surface area contributed by atoms with Gasteiger partial charge in [0, 0.05) is 7.05 Å². The van der Waals surface area contributed by atoms with Gasteiger partial charge in [0.25, 0.3) is 0 Å². The minimum Gasteiger partial charge on any atom is -0.477 e. The molecule has 8 nitrogen and oxygen atoms in total. The minimum absolute atomic E-state index is 0.0167. The Morgan fingerprint density at radius 1 is 1.44 bits per heavy atom. The maximum absolute atomic E-state index is 11.9. The molecule has 8 heteroatoms. The van der Waals surface area contributed by atoms with Gasteiger partial charge in [0.05, 0.1) is 18.3 Å². The molecule has 2 N–H and O–H groups in total. The molecule has 2 rings (SSSR count). The van der Waals surface area contributed by atoms with Crippen LogP contribution in [0, 0.1) is 6.92 Å². The van der Waals surface area contributed by atoms with Crippen LogP contribution in [0.1, 0.15) is 32.5 Å². The smallest absolute Gasteiger partial charge is 0.354 e. The Kier molecular flexibility index (Phi) is 2.92. The number of carboxylic acid groups (broad SMARTS) is 1. The lowest BCUT2D eigenvalue weighted by molar-refractivity contribution is 0.0685. The number of carbonyl (C=O) groups excluding carboxylic acids is 1. The summed E-state index contributed by atoms with van der Waals surface area (Å²) in [5.41, 5.74) is 0.789. The Morgan fingerprint density at radius 2 is 2.17 bits per heavy atom. The van der Waals surface area contributed by atoms with Gasteiger partial charge in [0.2, 0.25) is 0 Å². The predicted octanol–water partition coefficient (Wildman–Crippen LogP) is -0.0298. The van der Waals surface area contributed by atoms with Crippen LogP contribution in [0.3, 0.4) is 0 Å². The first kappa shape index (κ1) is 12.0. The van der Waals surface area contributed by atoms with Crippen LogP contribution >= 0.6 is 0 Å². The van der Waals surface area contributed by atoms with Crippen molar-refractivity contribution in [2.45, 2.75) is 13.3 Å². The lowest BCUT2D eigenvalue weighted by Gasteiger charge is -2.01. The third kappa shape index (κ3) is 1.99. The summed E-state index contributed by atoms with van der Waals surface area (Å²) in [6.07, 6.45) is 1.21. The third-order valence-corrected chi connectivity index (χ3v) is 2.61. The number of hydrogen-bond donors (Lipinski definition) is 2. The number of Topliss-reactive ketones (excluding diaryl/α,β-unsaturated/α-hetero) is 1. The van der Waals surface area contributed by atoms with Crippen molar-refractivity contribution in [1.29, 1.82) is 0 Å². The van der Waals surface area contributed by atoms with E-state index < -0.39 is 5.97 Å². The number of carbonyl (C=O) groups is 2. The Morgan fingerprint density at radius 3 is 2.67 bits per heavy atom. The Hall–Kier alpha value is -2.51. The topological polar surface area (TPSA) is 114 Å². The van der Waals surface area contributed by atoms with E-state index in [1.54, 1.807) is 14.0 Å². The van der Waals surface area contributed by atoms with Crippen LogP contribution in [0.2, 0.25) is 0 Å². The van der Waals surface area contributed by atoms with Gasteiger partial charge >= 0.3 is 5.97 Å². The number of aryl methyl sites for hydroxylation is 1. The summed E-state index contributed by atoms with van der Waals surface area (Å²) >= 11 is 0. The van der Waals surface area contributed by atoms with Crippen molar-refractivity contribution in [3.05, 3.63) is 29.1 Å². The van der Waals surface area contributed by atoms with E-state index in [9.17, 15) is 9.59 Å². The molecule has 0 fully saturated rings. The molecule has 0 saturated heterocycles. The molecule has 94 valence electrons. The second-order valence-corrected chi connectivity index (χ2v) is 3.78. The Labute approximate surface area is 102 Å². The zero-order chi connectivity index (χ0) is 13.3. The highest BCUT2D eigenvalue weighted by Crippen LogP contribution is 2.08. The standard InChI is InChI=1S/C10H11N5O3/c1-5-9(13-14-12-5)7(16)3-8-11-4-6(10(17)18)15(8)2/h4H,3H2,1-2H3,(H,17,18)(H,12,13,14). The van der Waals surface area contributed by atoms with Crippen molar-refractivity contribution in [2.75, 3.05) is 0 Å². The molecule has 2 heterocycles. The molecule has 0 aliphatic carbocycles. The molecule has 0 aromatic carbocycles. The largest absolute Gasteiger partial charge is 0.477 e. The monoisotopic (exact) mass is 249 g/mol. The highest BCUT2D eigenvalue weighted by Gasteiger charge is 2.18. The number of hydrogen-bond acceptors (Lipinski definition) is 5. The molecular weight excluding hydrogens is 238 g/mol. The van der Waals surface area contributed by atoms with E-state index in [1.807, 2.05) is 0 Å². The van der Waals surface area contributed by atoms with Crippen LogP contribution in [0.15, 0.2) is 6.20 Å². The lowest BCUT2D eigenvalue weighted by atomic mass is 10.2. The van der Waals surface area contributed by atoms with Gasteiger partial charge in [-0.15, -0.1) is 0 Å². The second kappa shape index (κ2) is 4.40. The van der Waals surface area contributed by atoms with Crippen LogP contribution in [0.5, 0.6) is 0 Å². The maximum atomic E-state index is 11.9. The first-order valence-corrected chi connectivity index (χ1v) is 5.15. The second-order valence-electron chi connectivity index (χ2n) is 3.78. The molecule has 0 unspecified atom stereocenters. The molecule has 0 aliphatic heterocycles. The molecular formula is C10H11N5O3. The predicted molar refractivity (Wildman–Crippen MR) is 59.3 cm³/mol. The van der Waals surface area contributed by atoms with Crippen LogP contribution in [0.4, 0.5) is 0 Å². The van der Waals surface area contributed by atoms with E-state index in [2.05, 4.69) is 20.4 Å². The molecule has 2 aromatic rings. The normalized spacial score (nSPS) is 10.6. The van der Waals surface area contributed by atoms with Crippen molar-refractivity contribution >= 4 is 11.8 Å². The summed E-state index contributed by atoms with van der Waals surface area (Å²) in [6.45, 7) is 1.66. The van der Waals surface area contributed by atoms with Crippen molar-refractivity contribution in [1.82, 2.24) is 25.0 Å². The number of nitrogens with zero attached hydrogens (tertiary/aromatic N) is 4. The van der Waals surface area contributed by atoms with E-state index in [-0.39, 0.29) is 23.6 Å². The number of aromatic amines is 1. The Balaban J connectivity index is 2.23. The molecule has 0 radical (unpaired) electrons. The molecule has 18 heavy (non-hydrogen) atoms. The van der Waals surface area contributed by atoms with Gasteiger partial charge in [-0.05, 0) is 6.92 Å². The fourth-order valence-corrected chi connectivity index (χ4v) is 1.59. The van der Waals surface area contributed by atoms with Gasteiger partial charge in [-0.2, -0.15) is 15.4 Å². The fraction of sp³-hybridized carbons (Fsp3) is 0.300. The molecule has 0 bridgehead atoms. The van der Waals surface area contributed by atoms with E-state index in [0.29, 0.717) is 11.5 Å². The number of aromatic carboxylic acids is 1. The minimum atomic E-state index is -1.08. The summed E-state index contributed by atoms with van der Waals surface area (Å²) in [7, 11) is 1.55. The molecule has 0 spiro atoms. The first-order chi connectivity index (χ1) is 8.50. The number of H-pyrrole nitrogens is 1. The number of ketones is 1. The van der Waals surface area contributed by atoms with Gasteiger partial charge < -0.3 is 9.67 Å². The molecule has 0 aliphatic rings. The highest BCUT2D eigenvalue weighted by molar-refractivity contribution is 5.96. The molecule has 0 atom stereocenters. The van der Waals surface area contributed by atoms with Gasteiger partial charge in [-0.1, -0.05) is 0 Å². The highest BCUT2D eigenvalue weighted by atomic mass is 16.4. The maximum Gasteiger partial charge on any atom is 0.354 e. The number of carboxylic acids is 1. The van der Waals surface area contributed by atoms with Gasteiger partial charge in [-0.25, -0.2) is 9.78 Å². The quantitative estimate of drug-likeness (QED) is 0.735. The molecule has 2 aromatic heterocycles. The number of aromatic nitrogens is 5. The van der Waals surface area contributed by atoms with E-state index in [0.717, 1.165) is 0 Å². The average molecular weight is 249 g/mol. The zero-order valence-electron chi connectivity index (χ0n) is 9.84. The first-order valence-electron chi connectivity index (χ1n) is 5.15. The number of imidazole rings is 1. The van der Waals surface area contributed by atoms with Gasteiger partial charge in [0.1, 0.15) is 11.5 Å². The number of nitrogens with one attached hydrogen (secondary N) is 1. The summed E-state index contributed by atoms with van der Waals surface area (Å²) in [6, 6.07) is 0. The zero-order valence-corrected chi connectivity index (χ0v) is 9.84. The summed E-state index contributed by atoms with van der Waals surface area (Å²) in [4.78, 5) is 26.7. The van der Waals surface area contributed by atoms with Crippen LogP contribution in [-0.2, 0) is 13.5 Å². The van der Waals surface area contributed by atoms with Crippen LogP contribution < -0.4 is 0 Å². The third-order valence-electron chi connectivity index (χ3n) is 2.61. The van der Waals surface area contributed by atoms with Crippen molar-refractivity contribution in [3.63, 3.8) is 0 Å². The van der Waals surface area contributed by atoms with Crippen molar-refractivity contribution < 1.29 is 14.7 Å². The van der Waals surface area contributed by atoms with Crippen LogP contribution in [0.25, 0.3) is 0 Å². The summed E-state index contributed by atoms with van der Waals surface area (Å²) in [5, 5.41) is 18.7. The number of rotatable bonds is 4. The summed E-state index contributed by atoms with van der Waals surface area (Å²) in [5.74, 6) is -0.965. The molecule has 0 saturated carbocycles. The molecule has 0 amide bonds. The SMILES string of the molecule is Cc1n[nH]nc1C(=O)Cc1ncc(C(=O)O)n1C. The van der Waals surface area contributed by atoms with E-state index in [4.69, 9.17) is 5.11 Å². The fourth-order valence-electron chi connectivity index (χ4n) is 1.59. The Bertz CT molecular complexity index is 613. The van der Waals surface area contributed by atoms with Crippen molar-refractivity contribution in [2.24, 2.45) is 7.05 Å². The van der Waals surface area contributed by atoms with E-state index in [1.165, 1.54) is 10.8 Å². The average Bonchev–Trinajstić information content (AvgIpc) is 2.86. The van der Waals surface area contributed by atoms with Crippen LogP contribution in [-0.4, -0.2) is 41.8 Å².